The number of rotatable bonds is 9. The number of likely N-dealkylation sites (N-methyl/N-ethyl adjacent to an activating group) is 1. The van der Waals surface area contributed by atoms with Crippen LogP contribution in [-0.2, 0) is 6.42 Å². The predicted octanol–water partition coefficient (Wildman–Crippen LogP) is 4.93. The number of hydrogen-bond acceptors (Lipinski definition) is 2. The summed E-state index contributed by atoms with van der Waals surface area (Å²) < 4.78 is 7.01. The van der Waals surface area contributed by atoms with Gasteiger partial charge in [-0.1, -0.05) is 42.5 Å². The van der Waals surface area contributed by atoms with E-state index in [0.29, 0.717) is 6.61 Å². The molecule has 0 unspecified atom stereocenters. The first-order valence-electron chi connectivity index (χ1n) is 8.08. The van der Waals surface area contributed by atoms with Crippen LogP contribution in [0.5, 0.6) is 5.75 Å². The van der Waals surface area contributed by atoms with Gasteiger partial charge in [-0.25, -0.2) is 0 Å². The Kier molecular flexibility index (Phi) is 8.05. The van der Waals surface area contributed by atoms with E-state index in [-0.39, 0.29) is 0 Å². The van der Waals surface area contributed by atoms with E-state index in [1.807, 2.05) is 18.2 Å². The second kappa shape index (κ2) is 10.3. The maximum absolute atomic E-state index is 5.74. The Morgan fingerprint density at radius 1 is 0.958 bits per heavy atom. The van der Waals surface area contributed by atoms with Gasteiger partial charge in [-0.15, -0.1) is 6.58 Å². The highest BCUT2D eigenvalue weighted by Crippen LogP contribution is 2.16. The Morgan fingerprint density at radius 2 is 1.58 bits per heavy atom. The van der Waals surface area contributed by atoms with Crippen molar-refractivity contribution in [1.29, 1.82) is 0 Å². The van der Waals surface area contributed by atoms with Gasteiger partial charge in [0.05, 0.1) is 0 Å². The highest BCUT2D eigenvalue weighted by molar-refractivity contribution is 14.1. The van der Waals surface area contributed by atoms with Crippen LogP contribution in [0.1, 0.15) is 11.1 Å². The summed E-state index contributed by atoms with van der Waals surface area (Å²) in [6.45, 7) is 6.13. The fraction of sp³-hybridized carbons (Fsp3) is 0.238. The summed E-state index contributed by atoms with van der Waals surface area (Å²) in [7, 11) is 2.07. The Labute approximate surface area is 159 Å². The van der Waals surface area contributed by atoms with Gasteiger partial charge >= 0.3 is 0 Å². The van der Waals surface area contributed by atoms with Crippen molar-refractivity contribution >= 4 is 22.6 Å². The van der Waals surface area contributed by atoms with Gasteiger partial charge in [-0.3, -0.25) is 4.90 Å². The molecule has 0 amide bonds. The molecule has 24 heavy (non-hydrogen) atoms. The normalized spacial score (nSPS) is 11.1. The van der Waals surface area contributed by atoms with Crippen LogP contribution >= 0.6 is 22.6 Å². The average molecular weight is 433 g/mol. The quantitative estimate of drug-likeness (QED) is 0.411. The summed E-state index contributed by atoms with van der Waals surface area (Å²) in [5, 5.41) is 0. The third-order valence-corrected chi connectivity index (χ3v) is 4.33. The summed E-state index contributed by atoms with van der Waals surface area (Å²) in [5.41, 5.74) is 2.63. The summed E-state index contributed by atoms with van der Waals surface area (Å²) in [4.78, 5) is 2.18. The van der Waals surface area contributed by atoms with E-state index in [1.54, 1.807) is 0 Å². The van der Waals surface area contributed by atoms with E-state index in [1.165, 1.54) is 14.7 Å². The molecule has 0 aliphatic carbocycles. The van der Waals surface area contributed by atoms with Crippen LogP contribution in [0.4, 0.5) is 0 Å². The highest BCUT2D eigenvalue weighted by Gasteiger charge is 1.98. The average Bonchev–Trinajstić information content (AvgIpc) is 2.58. The lowest BCUT2D eigenvalue weighted by molar-refractivity contribution is 0.360. The van der Waals surface area contributed by atoms with Gasteiger partial charge in [0.15, 0.2) is 0 Å². The van der Waals surface area contributed by atoms with E-state index in [2.05, 4.69) is 89.7 Å². The van der Waals surface area contributed by atoms with Gasteiger partial charge in [-0.2, -0.15) is 0 Å². The number of benzene rings is 2. The predicted molar refractivity (Wildman–Crippen MR) is 111 cm³/mol. The van der Waals surface area contributed by atoms with E-state index in [9.17, 15) is 0 Å². The first-order valence-corrected chi connectivity index (χ1v) is 9.16. The monoisotopic (exact) mass is 433 g/mol. The zero-order valence-corrected chi connectivity index (χ0v) is 16.3. The molecule has 0 bridgehead atoms. The third kappa shape index (κ3) is 6.89. The van der Waals surface area contributed by atoms with Gasteiger partial charge in [-0.05, 0) is 71.5 Å². The summed E-state index contributed by atoms with van der Waals surface area (Å²) in [5.74, 6) is 0.908. The van der Waals surface area contributed by atoms with Crippen LogP contribution in [0.3, 0.4) is 0 Å². The SMILES string of the molecule is C=CCN(C)C/C=C/COc1ccc(Cc2ccc(I)cc2)cc1. The number of halogens is 1. The third-order valence-electron chi connectivity index (χ3n) is 3.62. The molecule has 0 aliphatic heterocycles. The van der Waals surface area contributed by atoms with Crippen LogP contribution < -0.4 is 4.74 Å². The zero-order valence-electron chi connectivity index (χ0n) is 14.1. The summed E-state index contributed by atoms with van der Waals surface area (Å²) in [6, 6.07) is 17.0. The molecule has 0 fully saturated rings. The summed E-state index contributed by atoms with van der Waals surface area (Å²) >= 11 is 2.33. The lowest BCUT2D eigenvalue weighted by atomic mass is 10.1. The maximum atomic E-state index is 5.74. The lowest BCUT2D eigenvalue weighted by Crippen LogP contribution is -2.17. The zero-order chi connectivity index (χ0) is 17.2. The topological polar surface area (TPSA) is 12.5 Å². The molecule has 126 valence electrons. The van der Waals surface area contributed by atoms with E-state index in [4.69, 9.17) is 4.74 Å². The first kappa shape index (κ1) is 18.7. The molecule has 0 aromatic heterocycles. The first-order chi connectivity index (χ1) is 11.7. The van der Waals surface area contributed by atoms with Gasteiger partial charge in [0.25, 0.3) is 0 Å². The van der Waals surface area contributed by atoms with Crippen molar-refractivity contribution in [3.05, 3.63) is 88.0 Å². The highest BCUT2D eigenvalue weighted by atomic mass is 127. The molecule has 0 saturated carbocycles. The van der Waals surface area contributed by atoms with Gasteiger partial charge in [0.1, 0.15) is 12.4 Å². The fourth-order valence-corrected chi connectivity index (χ4v) is 2.66. The van der Waals surface area contributed by atoms with E-state index < -0.39 is 0 Å². The van der Waals surface area contributed by atoms with Crippen molar-refractivity contribution in [3.63, 3.8) is 0 Å². The minimum atomic E-state index is 0.596. The lowest BCUT2D eigenvalue weighted by Gasteiger charge is -2.10. The minimum absolute atomic E-state index is 0.596. The summed E-state index contributed by atoms with van der Waals surface area (Å²) in [6.07, 6.45) is 7.03. The molecule has 0 heterocycles. The van der Waals surface area contributed by atoms with Crippen LogP contribution in [0.15, 0.2) is 73.3 Å². The fourth-order valence-electron chi connectivity index (χ4n) is 2.30. The van der Waals surface area contributed by atoms with Gasteiger partial charge in [0, 0.05) is 16.7 Å². The molecule has 2 rings (SSSR count). The molecule has 2 aromatic carbocycles. The van der Waals surface area contributed by atoms with Gasteiger partial charge in [0.2, 0.25) is 0 Å². The Balaban J connectivity index is 1.76. The standard InChI is InChI=1S/C21H24INO/c1-3-14-23(2)15-4-5-16-24-21-12-8-19(9-13-21)17-18-6-10-20(22)11-7-18/h3-13H,1,14-17H2,2H3/b5-4+. The molecular weight excluding hydrogens is 409 g/mol. The van der Waals surface area contributed by atoms with Crippen molar-refractivity contribution in [1.82, 2.24) is 4.90 Å². The van der Waals surface area contributed by atoms with E-state index in [0.717, 1.165) is 25.3 Å². The van der Waals surface area contributed by atoms with Crippen LogP contribution in [0, 0.1) is 3.57 Å². The Morgan fingerprint density at radius 3 is 2.21 bits per heavy atom. The van der Waals surface area contributed by atoms with Crippen molar-refractivity contribution in [2.45, 2.75) is 6.42 Å². The molecule has 0 N–H and O–H groups in total. The Bertz CT molecular complexity index is 647. The van der Waals surface area contributed by atoms with Gasteiger partial charge < -0.3 is 4.74 Å². The van der Waals surface area contributed by atoms with Crippen molar-refractivity contribution in [3.8, 4) is 5.75 Å². The van der Waals surface area contributed by atoms with Crippen molar-refractivity contribution in [2.24, 2.45) is 0 Å². The van der Waals surface area contributed by atoms with Crippen LogP contribution in [-0.4, -0.2) is 31.6 Å². The molecule has 2 aromatic rings. The molecule has 0 aliphatic rings. The van der Waals surface area contributed by atoms with Crippen molar-refractivity contribution in [2.75, 3.05) is 26.7 Å². The molecule has 3 heteroatoms. The smallest absolute Gasteiger partial charge is 0.119 e. The second-order valence-electron chi connectivity index (χ2n) is 5.74. The molecule has 0 spiro atoms. The largest absolute Gasteiger partial charge is 0.490 e. The number of nitrogens with zero attached hydrogens (tertiary/aromatic N) is 1. The molecule has 2 nitrogen and oxygen atoms in total. The molecule has 0 radical (unpaired) electrons. The van der Waals surface area contributed by atoms with Crippen LogP contribution in [0.2, 0.25) is 0 Å². The van der Waals surface area contributed by atoms with Crippen molar-refractivity contribution < 1.29 is 4.74 Å². The van der Waals surface area contributed by atoms with E-state index >= 15 is 0 Å². The second-order valence-corrected chi connectivity index (χ2v) is 6.99. The Hall–Kier alpha value is -1.59. The molecule has 0 atom stereocenters. The molecule has 0 saturated heterocycles. The number of hydrogen-bond donors (Lipinski definition) is 0. The minimum Gasteiger partial charge on any atom is -0.490 e. The van der Waals surface area contributed by atoms with Crippen LogP contribution in [0.25, 0.3) is 0 Å². The maximum Gasteiger partial charge on any atom is 0.119 e. The molecular formula is C21H24INO. The number of ether oxygens (including phenoxy) is 1.